The van der Waals surface area contributed by atoms with E-state index in [2.05, 4.69) is 37.3 Å². The molecule has 0 fully saturated rings. The van der Waals surface area contributed by atoms with Crippen LogP contribution in [0.4, 0.5) is 0 Å². The largest absolute Gasteiger partial charge is 0.464 e. The van der Waals surface area contributed by atoms with E-state index in [-0.39, 0.29) is 6.04 Å². The standard InChI is InChI=1S/C30H23ClN2O3/c1-19-6-8-20(9-7-19)26-18-27-25-4-2-3-5-28(25)36-29(33(27)32-26)21-12-16-24(17-13-21)35-30(34)22-10-14-23(31)15-11-22/h2-17,27,29H,18H2,1H3/t27-,29-/m1/s1. The van der Waals surface area contributed by atoms with Crippen molar-refractivity contribution < 1.29 is 14.3 Å². The molecule has 0 radical (unpaired) electrons. The van der Waals surface area contributed by atoms with Crippen LogP contribution in [-0.2, 0) is 0 Å². The molecule has 6 rings (SSSR count). The van der Waals surface area contributed by atoms with Gasteiger partial charge in [0, 0.05) is 22.6 Å². The summed E-state index contributed by atoms with van der Waals surface area (Å²) >= 11 is 5.91. The highest BCUT2D eigenvalue weighted by Crippen LogP contribution is 2.47. The molecule has 6 heteroatoms. The molecule has 0 aliphatic carbocycles. The first kappa shape index (κ1) is 22.4. The second kappa shape index (κ2) is 9.17. The number of hydrogen-bond acceptors (Lipinski definition) is 5. The minimum atomic E-state index is -0.436. The Hall–Kier alpha value is -4.09. The fourth-order valence-electron chi connectivity index (χ4n) is 4.63. The van der Waals surface area contributed by atoms with Crippen LogP contribution in [0.5, 0.6) is 11.5 Å². The van der Waals surface area contributed by atoms with Crippen molar-refractivity contribution in [1.82, 2.24) is 5.01 Å². The van der Waals surface area contributed by atoms with Gasteiger partial charge in [-0.25, -0.2) is 9.80 Å². The summed E-state index contributed by atoms with van der Waals surface area (Å²) in [6.07, 6.45) is 0.408. The van der Waals surface area contributed by atoms with Crippen molar-refractivity contribution in [2.75, 3.05) is 0 Å². The van der Waals surface area contributed by atoms with E-state index in [4.69, 9.17) is 26.2 Å². The van der Waals surface area contributed by atoms with Gasteiger partial charge in [-0.05, 0) is 67.1 Å². The Morgan fingerprint density at radius 2 is 1.67 bits per heavy atom. The Kier molecular flexibility index (Phi) is 5.70. The number of carbonyl (C=O) groups is 1. The zero-order valence-corrected chi connectivity index (χ0v) is 20.4. The van der Waals surface area contributed by atoms with Crippen LogP contribution in [-0.4, -0.2) is 16.7 Å². The molecule has 0 saturated heterocycles. The summed E-state index contributed by atoms with van der Waals surface area (Å²) < 4.78 is 12.0. The van der Waals surface area contributed by atoms with Gasteiger partial charge in [-0.2, -0.15) is 5.10 Å². The molecular formula is C30H23ClN2O3. The Labute approximate surface area is 214 Å². The molecule has 4 aromatic rings. The van der Waals surface area contributed by atoms with E-state index >= 15 is 0 Å². The van der Waals surface area contributed by atoms with Gasteiger partial charge in [0.15, 0.2) is 0 Å². The molecule has 2 aliphatic rings. The fourth-order valence-corrected chi connectivity index (χ4v) is 4.75. The van der Waals surface area contributed by atoms with E-state index in [1.165, 1.54) is 5.56 Å². The number of fused-ring (bicyclic) bond motifs is 3. The third-order valence-corrected chi connectivity index (χ3v) is 6.79. The molecule has 2 aliphatic heterocycles. The summed E-state index contributed by atoms with van der Waals surface area (Å²) in [6.45, 7) is 2.08. The summed E-state index contributed by atoms with van der Waals surface area (Å²) in [5.74, 6) is 0.883. The van der Waals surface area contributed by atoms with E-state index in [1.807, 2.05) is 35.3 Å². The number of hydrazone groups is 1. The van der Waals surface area contributed by atoms with Gasteiger partial charge in [-0.1, -0.05) is 59.6 Å². The maximum absolute atomic E-state index is 12.5. The van der Waals surface area contributed by atoms with Crippen molar-refractivity contribution in [2.45, 2.75) is 25.6 Å². The molecule has 36 heavy (non-hydrogen) atoms. The molecule has 0 aromatic heterocycles. The van der Waals surface area contributed by atoms with Crippen LogP contribution in [0, 0.1) is 6.92 Å². The quantitative estimate of drug-likeness (QED) is 0.224. The number of halogens is 1. The van der Waals surface area contributed by atoms with Crippen LogP contribution in [0.1, 0.15) is 51.3 Å². The number of esters is 1. The molecular weight excluding hydrogens is 472 g/mol. The van der Waals surface area contributed by atoms with Gasteiger partial charge in [0.25, 0.3) is 0 Å². The number of hydrogen-bond donors (Lipinski definition) is 0. The van der Waals surface area contributed by atoms with Crippen LogP contribution in [0.15, 0.2) is 102 Å². The number of nitrogens with zero attached hydrogens (tertiary/aromatic N) is 2. The first-order valence-electron chi connectivity index (χ1n) is 11.8. The van der Waals surface area contributed by atoms with Gasteiger partial charge in [0.2, 0.25) is 6.23 Å². The number of carbonyl (C=O) groups excluding carboxylic acids is 1. The summed E-state index contributed by atoms with van der Waals surface area (Å²) in [5, 5.41) is 7.63. The van der Waals surface area contributed by atoms with Crippen molar-refractivity contribution in [3.8, 4) is 11.5 Å². The highest BCUT2D eigenvalue weighted by molar-refractivity contribution is 6.30. The Bertz CT molecular complexity index is 1450. The van der Waals surface area contributed by atoms with Crippen molar-refractivity contribution >= 4 is 23.3 Å². The van der Waals surface area contributed by atoms with Crippen molar-refractivity contribution in [3.63, 3.8) is 0 Å². The zero-order valence-electron chi connectivity index (χ0n) is 19.6. The SMILES string of the molecule is Cc1ccc(C2=NN3[C@H](C2)c2ccccc2O[C@@H]3c2ccc(OC(=O)c3ccc(Cl)cc3)cc2)cc1. The van der Waals surface area contributed by atoms with E-state index in [0.29, 0.717) is 16.3 Å². The summed E-state index contributed by atoms with van der Waals surface area (Å²) in [6, 6.07) is 30.7. The third-order valence-electron chi connectivity index (χ3n) is 6.54. The van der Waals surface area contributed by atoms with Crippen LogP contribution >= 0.6 is 11.6 Å². The highest BCUT2D eigenvalue weighted by Gasteiger charge is 2.40. The average Bonchev–Trinajstić information content (AvgIpc) is 3.35. The molecule has 0 amide bonds. The van der Waals surface area contributed by atoms with Gasteiger partial charge in [-0.15, -0.1) is 0 Å². The summed E-state index contributed by atoms with van der Waals surface area (Å²) in [7, 11) is 0. The Balaban J connectivity index is 1.28. The molecule has 5 nitrogen and oxygen atoms in total. The van der Waals surface area contributed by atoms with Gasteiger partial charge < -0.3 is 9.47 Å². The van der Waals surface area contributed by atoms with Crippen LogP contribution in [0.25, 0.3) is 0 Å². The zero-order chi connectivity index (χ0) is 24.6. The van der Waals surface area contributed by atoms with E-state index < -0.39 is 12.2 Å². The fraction of sp³-hybridized carbons (Fsp3) is 0.133. The summed E-state index contributed by atoms with van der Waals surface area (Å²) in [5.41, 5.74) is 5.88. The van der Waals surface area contributed by atoms with E-state index in [9.17, 15) is 4.79 Å². The number of aryl methyl sites for hydroxylation is 1. The molecule has 0 N–H and O–H groups in total. The minimum absolute atomic E-state index is 0.0821. The van der Waals surface area contributed by atoms with Gasteiger partial charge in [-0.3, -0.25) is 0 Å². The molecule has 2 heterocycles. The molecule has 4 aromatic carbocycles. The molecule has 178 valence electrons. The normalized spacial score (nSPS) is 18.1. The Morgan fingerprint density at radius 3 is 2.42 bits per heavy atom. The van der Waals surface area contributed by atoms with Gasteiger partial charge >= 0.3 is 5.97 Å². The van der Waals surface area contributed by atoms with Crippen LogP contribution < -0.4 is 9.47 Å². The van der Waals surface area contributed by atoms with Crippen molar-refractivity contribution in [2.24, 2.45) is 5.10 Å². The monoisotopic (exact) mass is 494 g/mol. The van der Waals surface area contributed by atoms with Crippen LogP contribution in [0.3, 0.4) is 0 Å². The molecule has 0 unspecified atom stereocenters. The minimum Gasteiger partial charge on any atom is -0.464 e. The lowest BCUT2D eigenvalue weighted by molar-refractivity contribution is -0.0190. The van der Waals surface area contributed by atoms with E-state index in [0.717, 1.165) is 34.6 Å². The molecule has 0 saturated carbocycles. The molecule has 0 bridgehead atoms. The van der Waals surface area contributed by atoms with E-state index in [1.54, 1.807) is 36.4 Å². The lowest BCUT2D eigenvalue weighted by Gasteiger charge is -2.38. The maximum atomic E-state index is 12.5. The molecule has 0 spiro atoms. The topological polar surface area (TPSA) is 51.1 Å². The second-order valence-electron chi connectivity index (χ2n) is 8.99. The van der Waals surface area contributed by atoms with Crippen LogP contribution in [0.2, 0.25) is 5.02 Å². The average molecular weight is 495 g/mol. The number of ether oxygens (including phenoxy) is 2. The predicted octanol–water partition coefficient (Wildman–Crippen LogP) is 7.11. The second-order valence-corrected chi connectivity index (χ2v) is 9.42. The number of para-hydroxylation sites is 1. The molecule has 2 atom stereocenters. The predicted molar refractivity (Wildman–Crippen MR) is 140 cm³/mol. The van der Waals surface area contributed by atoms with Crippen molar-refractivity contribution in [1.29, 1.82) is 0 Å². The first-order valence-corrected chi connectivity index (χ1v) is 12.2. The van der Waals surface area contributed by atoms with Crippen molar-refractivity contribution in [3.05, 3.63) is 130 Å². The number of rotatable bonds is 4. The summed E-state index contributed by atoms with van der Waals surface area (Å²) in [4.78, 5) is 12.5. The number of benzene rings is 4. The van der Waals surface area contributed by atoms with Gasteiger partial charge in [0.1, 0.15) is 11.5 Å². The maximum Gasteiger partial charge on any atom is 0.343 e. The van der Waals surface area contributed by atoms with Gasteiger partial charge in [0.05, 0.1) is 17.3 Å². The lowest BCUT2D eigenvalue weighted by atomic mass is 9.95. The Morgan fingerprint density at radius 1 is 0.944 bits per heavy atom. The third kappa shape index (κ3) is 4.23. The smallest absolute Gasteiger partial charge is 0.343 e. The highest BCUT2D eigenvalue weighted by atomic mass is 35.5. The lowest BCUT2D eigenvalue weighted by Crippen LogP contribution is -2.33. The first-order chi connectivity index (χ1) is 17.5.